The van der Waals surface area contributed by atoms with Crippen molar-refractivity contribution >= 4 is 39.7 Å². The van der Waals surface area contributed by atoms with E-state index in [1.807, 2.05) is 66.7 Å². The first-order valence-electron chi connectivity index (χ1n) is 13.1. The molecule has 12 heteroatoms. The average molecular weight is 565 g/mol. The average Bonchev–Trinajstić information content (AvgIpc) is 3.65. The summed E-state index contributed by atoms with van der Waals surface area (Å²) in [6.07, 6.45) is 2.49. The van der Waals surface area contributed by atoms with Crippen LogP contribution in [0.3, 0.4) is 0 Å². The van der Waals surface area contributed by atoms with Crippen LogP contribution in [-0.2, 0) is 9.53 Å². The number of carbonyl (C=O) groups excluding carboxylic acids is 1. The number of morpholine rings is 1. The number of thiazole rings is 1. The lowest BCUT2D eigenvalue weighted by atomic mass is 10.0. The molecule has 0 unspecified atom stereocenters. The third-order valence-corrected chi connectivity index (χ3v) is 7.86. The maximum atomic E-state index is 13.3. The van der Waals surface area contributed by atoms with Gasteiger partial charge in [0.05, 0.1) is 24.6 Å². The zero-order chi connectivity index (χ0) is 27.6. The van der Waals surface area contributed by atoms with Crippen LogP contribution in [-0.4, -0.2) is 64.3 Å². The topological polar surface area (TPSA) is 131 Å². The third-order valence-electron chi connectivity index (χ3n) is 6.70. The molecule has 2 N–H and O–H groups in total. The van der Waals surface area contributed by atoms with E-state index >= 15 is 0 Å². The Bertz CT molecular complexity index is 1710. The number of fused-ring (bicyclic) bond motifs is 1. The summed E-state index contributed by atoms with van der Waals surface area (Å²) in [5.74, 6) is -0.102. The summed E-state index contributed by atoms with van der Waals surface area (Å²) in [6.45, 7) is 2.69. The minimum Gasteiger partial charge on any atom is -0.402 e. The molecule has 1 amide bonds. The number of hydrogen-bond acceptors (Lipinski definition) is 11. The maximum Gasteiger partial charge on any atom is 0.317 e. The molecule has 1 fully saturated rings. The van der Waals surface area contributed by atoms with Crippen LogP contribution in [0.1, 0.15) is 11.1 Å². The van der Waals surface area contributed by atoms with E-state index in [-0.39, 0.29) is 17.8 Å². The SMILES string of the molecule is O=C1Nc2ccccc2C(c2ccccc2)=N[C@@H]1Nc1nnc(-c2nc(-c3cccnc3)sc2N2CCOCC2)o1. The van der Waals surface area contributed by atoms with Crippen molar-refractivity contribution in [2.45, 2.75) is 6.17 Å². The van der Waals surface area contributed by atoms with Crippen LogP contribution < -0.4 is 15.5 Å². The van der Waals surface area contributed by atoms with Gasteiger partial charge in [0.2, 0.25) is 6.17 Å². The number of pyridine rings is 1. The van der Waals surface area contributed by atoms with Crippen molar-refractivity contribution < 1.29 is 13.9 Å². The second-order valence-corrected chi connectivity index (χ2v) is 10.3. The zero-order valence-electron chi connectivity index (χ0n) is 21.7. The summed E-state index contributed by atoms with van der Waals surface area (Å²) in [7, 11) is 0. The first-order valence-corrected chi connectivity index (χ1v) is 13.9. The molecule has 0 aliphatic carbocycles. The van der Waals surface area contributed by atoms with E-state index in [4.69, 9.17) is 19.1 Å². The van der Waals surface area contributed by atoms with Gasteiger partial charge in [-0.2, -0.15) is 0 Å². The second kappa shape index (κ2) is 10.9. The molecule has 5 aromatic rings. The van der Waals surface area contributed by atoms with Crippen molar-refractivity contribution in [3.63, 3.8) is 0 Å². The molecule has 0 radical (unpaired) electrons. The maximum absolute atomic E-state index is 13.3. The summed E-state index contributed by atoms with van der Waals surface area (Å²) in [6, 6.07) is 21.2. The standard InChI is InChI=1S/C29H24N8O3S/c38-25-24(32-22(18-7-2-1-3-8-18)20-10-4-5-11-21(20)31-25)34-29-36-35-26(40-29)23-28(37-13-15-39-16-14-37)41-27(33-23)19-9-6-12-30-17-19/h1-12,17,24H,13-16H2,(H,31,38)(H,34,36)/t24-/m1/s1. The van der Waals surface area contributed by atoms with Gasteiger partial charge >= 0.3 is 6.01 Å². The van der Waals surface area contributed by atoms with E-state index in [1.54, 1.807) is 12.4 Å². The highest BCUT2D eigenvalue weighted by molar-refractivity contribution is 7.19. The normalized spacial score (nSPS) is 16.9. The Morgan fingerprint density at radius 1 is 0.951 bits per heavy atom. The number of hydrogen-bond donors (Lipinski definition) is 2. The van der Waals surface area contributed by atoms with Crippen molar-refractivity contribution in [3.8, 4) is 22.2 Å². The van der Waals surface area contributed by atoms with Crippen molar-refractivity contribution in [1.29, 1.82) is 0 Å². The second-order valence-electron chi connectivity index (χ2n) is 9.35. The van der Waals surface area contributed by atoms with E-state index in [1.165, 1.54) is 11.3 Å². The lowest BCUT2D eigenvalue weighted by Gasteiger charge is -2.27. The van der Waals surface area contributed by atoms with Crippen molar-refractivity contribution in [2.24, 2.45) is 4.99 Å². The van der Waals surface area contributed by atoms with Crippen LogP contribution in [0.5, 0.6) is 0 Å². The van der Waals surface area contributed by atoms with Gasteiger partial charge in [-0.15, -0.1) is 5.10 Å². The number of nitrogens with zero attached hydrogens (tertiary/aromatic N) is 6. The smallest absolute Gasteiger partial charge is 0.317 e. The molecule has 2 aliphatic rings. The number of amides is 1. The lowest BCUT2D eigenvalue weighted by Crippen LogP contribution is -2.35. The van der Waals surface area contributed by atoms with Gasteiger partial charge in [-0.3, -0.25) is 9.78 Å². The minimum atomic E-state index is -1.01. The molecule has 1 atom stereocenters. The van der Waals surface area contributed by atoms with E-state index in [0.29, 0.717) is 30.3 Å². The van der Waals surface area contributed by atoms with Gasteiger partial charge in [0.1, 0.15) is 10.0 Å². The summed E-state index contributed by atoms with van der Waals surface area (Å²) < 4.78 is 11.6. The largest absolute Gasteiger partial charge is 0.402 e. The van der Waals surface area contributed by atoms with Gasteiger partial charge in [0, 0.05) is 42.2 Å². The Morgan fingerprint density at radius 3 is 2.59 bits per heavy atom. The predicted molar refractivity (Wildman–Crippen MR) is 156 cm³/mol. The molecule has 11 nitrogen and oxygen atoms in total. The highest BCUT2D eigenvalue weighted by Gasteiger charge is 2.29. The molecule has 1 saturated heterocycles. The van der Waals surface area contributed by atoms with Crippen LogP contribution in [0, 0.1) is 0 Å². The molecule has 204 valence electrons. The van der Waals surface area contributed by atoms with Gasteiger partial charge in [-0.1, -0.05) is 65.0 Å². The van der Waals surface area contributed by atoms with Crippen molar-refractivity contribution in [3.05, 3.63) is 90.3 Å². The Labute approximate surface area is 239 Å². The Hall–Kier alpha value is -4.94. The minimum absolute atomic E-state index is 0.0612. The molecule has 41 heavy (non-hydrogen) atoms. The van der Waals surface area contributed by atoms with E-state index in [9.17, 15) is 4.79 Å². The monoisotopic (exact) mass is 564 g/mol. The number of aliphatic imine (C=N–C) groups is 1. The third kappa shape index (κ3) is 5.06. The number of nitrogens with one attached hydrogen (secondary N) is 2. The quantitative estimate of drug-likeness (QED) is 0.310. The highest BCUT2D eigenvalue weighted by Crippen LogP contribution is 2.40. The number of carbonyl (C=O) groups is 1. The number of benzodiazepines with no additional fused rings is 1. The first-order chi connectivity index (χ1) is 20.2. The number of rotatable bonds is 6. The van der Waals surface area contributed by atoms with Crippen LogP contribution in [0.2, 0.25) is 0 Å². The molecule has 0 spiro atoms. The van der Waals surface area contributed by atoms with Gasteiger partial charge in [-0.25, -0.2) is 9.98 Å². The number of aromatic nitrogens is 4. The molecule has 0 bridgehead atoms. The van der Waals surface area contributed by atoms with Crippen LogP contribution in [0.25, 0.3) is 22.2 Å². The molecule has 3 aromatic heterocycles. The molecule has 7 rings (SSSR count). The van der Waals surface area contributed by atoms with Crippen molar-refractivity contribution in [1.82, 2.24) is 20.2 Å². The molecular formula is C29H24N8O3S. The number of benzene rings is 2. The Kier molecular flexibility index (Phi) is 6.67. The Morgan fingerprint density at radius 2 is 1.76 bits per heavy atom. The summed E-state index contributed by atoms with van der Waals surface area (Å²) >= 11 is 1.54. The van der Waals surface area contributed by atoms with Gasteiger partial charge in [0.15, 0.2) is 5.69 Å². The van der Waals surface area contributed by atoms with Crippen LogP contribution in [0.4, 0.5) is 16.7 Å². The number of anilines is 3. The van der Waals surface area contributed by atoms with E-state index in [0.717, 1.165) is 39.8 Å². The molecule has 0 saturated carbocycles. The predicted octanol–water partition coefficient (Wildman–Crippen LogP) is 4.32. The van der Waals surface area contributed by atoms with E-state index in [2.05, 4.69) is 30.7 Å². The van der Waals surface area contributed by atoms with Gasteiger partial charge in [0.25, 0.3) is 11.8 Å². The van der Waals surface area contributed by atoms with Gasteiger partial charge in [-0.05, 0) is 18.2 Å². The van der Waals surface area contributed by atoms with Crippen LogP contribution >= 0.6 is 11.3 Å². The summed E-state index contributed by atoms with van der Waals surface area (Å²) in [4.78, 5) is 29.4. The number of para-hydroxylation sites is 1. The lowest BCUT2D eigenvalue weighted by molar-refractivity contribution is -0.116. The fourth-order valence-corrected chi connectivity index (χ4v) is 5.82. The summed E-state index contributed by atoms with van der Waals surface area (Å²) in [5.41, 5.74) is 4.53. The summed E-state index contributed by atoms with van der Waals surface area (Å²) in [5, 5.41) is 16.2. The molecule has 5 heterocycles. The fraction of sp³-hybridized carbons (Fsp3) is 0.172. The molecule has 2 aliphatic heterocycles. The van der Waals surface area contributed by atoms with E-state index < -0.39 is 6.17 Å². The molecule has 2 aromatic carbocycles. The first kappa shape index (κ1) is 25.1. The van der Waals surface area contributed by atoms with Crippen LogP contribution in [0.15, 0.2) is 88.5 Å². The van der Waals surface area contributed by atoms with Crippen molar-refractivity contribution in [2.75, 3.05) is 41.8 Å². The highest BCUT2D eigenvalue weighted by atomic mass is 32.1. The fourth-order valence-electron chi connectivity index (χ4n) is 4.72. The number of ether oxygens (including phenoxy) is 1. The zero-order valence-corrected chi connectivity index (χ0v) is 22.5. The Balaban J connectivity index is 1.23. The van der Waals surface area contributed by atoms with Gasteiger partial charge < -0.3 is 24.7 Å². The molecular weight excluding hydrogens is 540 g/mol.